The number of alkyl halides is 2. The lowest BCUT2D eigenvalue weighted by Gasteiger charge is -2.11. The zero-order valence-electron chi connectivity index (χ0n) is 12.3. The highest BCUT2D eigenvalue weighted by Gasteiger charge is 2.12. The van der Waals surface area contributed by atoms with Gasteiger partial charge in [-0.1, -0.05) is 23.9 Å². The fourth-order valence-electron chi connectivity index (χ4n) is 1.78. The van der Waals surface area contributed by atoms with Crippen LogP contribution >= 0.6 is 11.8 Å². The molecule has 7 heteroatoms. The van der Waals surface area contributed by atoms with Gasteiger partial charge in [0.25, 0.3) is 11.7 Å². The molecule has 0 aliphatic heterocycles. The zero-order chi connectivity index (χ0) is 16.7. The summed E-state index contributed by atoms with van der Waals surface area (Å²) < 4.78 is 35.3. The van der Waals surface area contributed by atoms with E-state index in [0.717, 1.165) is 0 Å². The number of amides is 1. The van der Waals surface area contributed by atoms with E-state index in [1.165, 1.54) is 6.07 Å². The van der Waals surface area contributed by atoms with Crippen LogP contribution in [0.25, 0.3) is 0 Å². The Morgan fingerprint density at radius 1 is 1.13 bits per heavy atom. The van der Waals surface area contributed by atoms with E-state index in [9.17, 15) is 13.6 Å². The largest absolute Gasteiger partial charge is 0.497 e. The Labute approximate surface area is 136 Å². The molecule has 0 aromatic heterocycles. The lowest BCUT2D eigenvalue weighted by Crippen LogP contribution is -2.20. The number of methoxy groups -OCH3 is 1. The van der Waals surface area contributed by atoms with Crippen LogP contribution in [-0.4, -0.2) is 25.4 Å². The van der Waals surface area contributed by atoms with Crippen LogP contribution in [0.1, 0.15) is 0 Å². The molecule has 0 radical (unpaired) electrons. The Bertz CT molecular complexity index is 650. The first kappa shape index (κ1) is 17.1. The average molecular weight is 339 g/mol. The standard InChI is InChI=1S/C16H15F2NO3S/c1-21-11-6-8-12(9-7-11)22-10-15(20)19-13-4-2-3-5-14(13)23-16(17)18/h2-9,16H,10H2,1H3,(H,19,20). The maximum Gasteiger partial charge on any atom is 0.288 e. The minimum atomic E-state index is -2.55. The highest BCUT2D eigenvalue weighted by atomic mass is 32.2. The smallest absolute Gasteiger partial charge is 0.288 e. The van der Waals surface area contributed by atoms with Gasteiger partial charge in [-0.05, 0) is 36.4 Å². The van der Waals surface area contributed by atoms with Gasteiger partial charge in [-0.3, -0.25) is 4.79 Å². The summed E-state index contributed by atoms with van der Waals surface area (Å²) in [5.74, 6) is -1.79. The van der Waals surface area contributed by atoms with Crippen molar-refractivity contribution >= 4 is 23.4 Å². The number of benzene rings is 2. The summed E-state index contributed by atoms with van der Waals surface area (Å²) in [6.45, 7) is -0.222. The molecular formula is C16H15F2NO3S. The van der Waals surface area contributed by atoms with Gasteiger partial charge in [0, 0.05) is 4.90 Å². The summed E-state index contributed by atoms with van der Waals surface area (Å²) in [6, 6.07) is 13.2. The predicted octanol–water partition coefficient (Wildman–Crippen LogP) is 4.03. The highest BCUT2D eigenvalue weighted by Crippen LogP contribution is 2.31. The molecule has 23 heavy (non-hydrogen) atoms. The lowest BCUT2D eigenvalue weighted by molar-refractivity contribution is -0.118. The molecule has 2 aromatic carbocycles. The van der Waals surface area contributed by atoms with Crippen LogP contribution in [-0.2, 0) is 4.79 Å². The van der Waals surface area contributed by atoms with Gasteiger partial charge in [-0.25, -0.2) is 0 Å². The third-order valence-corrected chi connectivity index (χ3v) is 3.59. The lowest BCUT2D eigenvalue weighted by atomic mass is 10.3. The number of hydrogen-bond donors (Lipinski definition) is 1. The fourth-order valence-corrected chi connectivity index (χ4v) is 2.37. The predicted molar refractivity (Wildman–Crippen MR) is 85.4 cm³/mol. The summed E-state index contributed by atoms with van der Waals surface area (Å²) in [5, 5.41) is 2.57. The summed E-state index contributed by atoms with van der Waals surface area (Å²) in [7, 11) is 1.55. The minimum Gasteiger partial charge on any atom is -0.497 e. The van der Waals surface area contributed by atoms with E-state index in [4.69, 9.17) is 9.47 Å². The third kappa shape index (κ3) is 5.45. The average Bonchev–Trinajstić information content (AvgIpc) is 2.55. The summed E-state index contributed by atoms with van der Waals surface area (Å²) in [5.41, 5.74) is 0.334. The minimum absolute atomic E-state index is 0.222. The third-order valence-electron chi connectivity index (χ3n) is 2.81. The number of carbonyl (C=O) groups is 1. The molecule has 0 aliphatic rings. The molecule has 0 saturated heterocycles. The van der Waals surface area contributed by atoms with Crippen molar-refractivity contribution in [3.05, 3.63) is 48.5 Å². The van der Waals surface area contributed by atoms with Crippen molar-refractivity contribution in [3.8, 4) is 11.5 Å². The SMILES string of the molecule is COc1ccc(OCC(=O)Nc2ccccc2SC(F)F)cc1. The van der Waals surface area contributed by atoms with Crippen LogP contribution in [0.3, 0.4) is 0 Å². The fraction of sp³-hybridized carbons (Fsp3) is 0.188. The van der Waals surface area contributed by atoms with Crippen LogP contribution in [0.5, 0.6) is 11.5 Å². The van der Waals surface area contributed by atoms with Crippen molar-refractivity contribution in [2.24, 2.45) is 0 Å². The molecule has 0 unspecified atom stereocenters. The van der Waals surface area contributed by atoms with Crippen molar-refractivity contribution in [2.45, 2.75) is 10.7 Å². The molecule has 2 aromatic rings. The van der Waals surface area contributed by atoms with Crippen molar-refractivity contribution < 1.29 is 23.0 Å². The first-order chi connectivity index (χ1) is 11.1. The van der Waals surface area contributed by atoms with Crippen LogP contribution in [0.15, 0.2) is 53.4 Å². The van der Waals surface area contributed by atoms with E-state index >= 15 is 0 Å². The van der Waals surface area contributed by atoms with Gasteiger partial charge >= 0.3 is 0 Å². The summed E-state index contributed by atoms with van der Waals surface area (Å²) >= 11 is 0.383. The molecule has 0 spiro atoms. The summed E-state index contributed by atoms with van der Waals surface area (Å²) in [4.78, 5) is 12.2. The molecular weight excluding hydrogens is 324 g/mol. The van der Waals surface area contributed by atoms with Crippen LogP contribution in [0.2, 0.25) is 0 Å². The van der Waals surface area contributed by atoms with E-state index in [1.54, 1.807) is 49.6 Å². The Kier molecular flexibility index (Phi) is 6.22. The maximum atomic E-state index is 12.5. The van der Waals surface area contributed by atoms with Crippen LogP contribution in [0.4, 0.5) is 14.5 Å². The molecule has 0 heterocycles. The van der Waals surface area contributed by atoms with Crippen molar-refractivity contribution in [3.63, 3.8) is 0 Å². The van der Waals surface area contributed by atoms with Gasteiger partial charge in [-0.15, -0.1) is 0 Å². The van der Waals surface area contributed by atoms with Gasteiger partial charge in [0.2, 0.25) is 0 Å². The number of hydrogen-bond acceptors (Lipinski definition) is 4. The van der Waals surface area contributed by atoms with Crippen molar-refractivity contribution in [1.82, 2.24) is 0 Å². The Morgan fingerprint density at radius 2 is 1.78 bits per heavy atom. The number of ether oxygens (including phenoxy) is 2. The second kappa shape index (κ2) is 8.38. The number of halogens is 2. The number of rotatable bonds is 7. The first-order valence-corrected chi connectivity index (χ1v) is 7.57. The van der Waals surface area contributed by atoms with Crippen LogP contribution in [0, 0.1) is 0 Å². The Hall–Kier alpha value is -2.28. The zero-order valence-corrected chi connectivity index (χ0v) is 13.1. The molecule has 0 atom stereocenters. The van der Waals surface area contributed by atoms with Gasteiger partial charge in [0.05, 0.1) is 12.8 Å². The molecule has 122 valence electrons. The Balaban J connectivity index is 1.91. The number of nitrogens with one attached hydrogen (secondary N) is 1. The van der Waals surface area contributed by atoms with Crippen LogP contribution < -0.4 is 14.8 Å². The van der Waals surface area contributed by atoms with E-state index in [2.05, 4.69) is 5.32 Å². The number of thioether (sulfide) groups is 1. The molecule has 2 rings (SSSR count). The second-order valence-electron chi connectivity index (χ2n) is 4.39. The molecule has 4 nitrogen and oxygen atoms in total. The van der Waals surface area contributed by atoms with Gasteiger partial charge in [0.15, 0.2) is 6.61 Å². The molecule has 0 fully saturated rings. The molecule has 0 bridgehead atoms. The molecule has 1 N–H and O–H groups in total. The second-order valence-corrected chi connectivity index (χ2v) is 5.42. The molecule has 0 aliphatic carbocycles. The van der Waals surface area contributed by atoms with E-state index in [-0.39, 0.29) is 6.61 Å². The number of para-hydroxylation sites is 1. The quantitative estimate of drug-likeness (QED) is 0.774. The first-order valence-electron chi connectivity index (χ1n) is 6.69. The van der Waals surface area contributed by atoms with E-state index < -0.39 is 11.7 Å². The van der Waals surface area contributed by atoms with Crippen molar-refractivity contribution in [2.75, 3.05) is 19.0 Å². The van der Waals surface area contributed by atoms with Gasteiger partial charge in [-0.2, -0.15) is 8.78 Å². The highest BCUT2D eigenvalue weighted by molar-refractivity contribution is 7.99. The summed E-state index contributed by atoms with van der Waals surface area (Å²) in [6.07, 6.45) is 0. The Morgan fingerprint density at radius 3 is 2.43 bits per heavy atom. The number of carbonyl (C=O) groups excluding carboxylic acids is 1. The molecule has 1 amide bonds. The van der Waals surface area contributed by atoms with E-state index in [1.807, 2.05) is 0 Å². The van der Waals surface area contributed by atoms with Crippen molar-refractivity contribution in [1.29, 1.82) is 0 Å². The van der Waals surface area contributed by atoms with E-state index in [0.29, 0.717) is 33.8 Å². The molecule has 0 saturated carbocycles. The topological polar surface area (TPSA) is 47.6 Å². The number of anilines is 1. The van der Waals surface area contributed by atoms with Gasteiger partial charge in [0.1, 0.15) is 11.5 Å². The monoisotopic (exact) mass is 339 g/mol. The maximum absolute atomic E-state index is 12.5. The normalized spacial score (nSPS) is 10.4. The van der Waals surface area contributed by atoms with Gasteiger partial charge < -0.3 is 14.8 Å².